The third-order valence-corrected chi connectivity index (χ3v) is 4.57. The highest BCUT2D eigenvalue weighted by Gasteiger charge is 2.10. The second-order valence-corrected chi connectivity index (χ2v) is 5.67. The number of halogens is 2. The summed E-state index contributed by atoms with van der Waals surface area (Å²) in [6.07, 6.45) is 0. The second-order valence-electron chi connectivity index (χ2n) is 2.48. The summed E-state index contributed by atoms with van der Waals surface area (Å²) >= 11 is 8.41. The SMILES string of the molecule is N#Cc1c(Br)sc2c(Br)cccc12. The summed E-state index contributed by atoms with van der Waals surface area (Å²) in [4.78, 5) is 0. The molecule has 0 saturated heterocycles. The Bertz CT molecular complexity index is 510. The maximum atomic E-state index is 8.91. The van der Waals surface area contributed by atoms with Crippen molar-refractivity contribution in [2.75, 3.05) is 0 Å². The number of hydrogen-bond acceptors (Lipinski definition) is 2. The van der Waals surface area contributed by atoms with Crippen molar-refractivity contribution in [2.45, 2.75) is 0 Å². The van der Waals surface area contributed by atoms with Gasteiger partial charge in [0, 0.05) is 9.86 Å². The first kappa shape index (κ1) is 9.20. The van der Waals surface area contributed by atoms with E-state index in [4.69, 9.17) is 5.26 Å². The minimum absolute atomic E-state index is 0.723. The summed E-state index contributed by atoms with van der Waals surface area (Å²) in [6.45, 7) is 0. The number of nitriles is 1. The van der Waals surface area contributed by atoms with Gasteiger partial charge in [0.25, 0.3) is 0 Å². The first-order valence-corrected chi connectivity index (χ1v) is 5.91. The maximum Gasteiger partial charge on any atom is 0.102 e. The molecule has 2 aromatic rings. The van der Waals surface area contributed by atoms with Crippen LogP contribution in [0, 0.1) is 11.3 Å². The number of nitrogens with zero attached hydrogens (tertiary/aromatic N) is 1. The third kappa shape index (κ3) is 1.41. The highest BCUT2D eigenvalue weighted by molar-refractivity contribution is 9.11. The van der Waals surface area contributed by atoms with Crippen LogP contribution in [0.15, 0.2) is 26.5 Å². The molecule has 13 heavy (non-hydrogen) atoms. The molecule has 0 unspecified atom stereocenters. The van der Waals surface area contributed by atoms with Gasteiger partial charge in [-0.1, -0.05) is 12.1 Å². The van der Waals surface area contributed by atoms with E-state index in [1.165, 1.54) is 0 Å². The van der Waals surface area contributed by atoms with Crippen molar-refractivity contribution in [1.29, 1.82) is 5.26 Å². The van der Waals surface area contributed by atoms with Crippen LogP contribution in [0.4, 0.5) is 0 Å². The summed E-state index contributed by atoms with van der Waals surface area (Å²) in [7, 11) is 0. The zero-order valence-electron chi connectivity index (χ0n) is 6.34. The third-order valence-electron chi connectivity index (χ3n) is 1.74. The van der Waals surface area contributed by atoms with Gasteiger partial charge in [0.2, 0.25) is 0 Å². The lowest BCUT2D eigenvalue weighted by Gasteiger charge is -1.91. The van der Waals surface area contributed by atoms with E-state index in [9.17, 15) is 0 Å². The van der Waals surface area contributed by atoms with Crippen LogP contribution in [-0.2, 0) is 0 Å². The van der Waals surface area contributed by atoms with E-state index in [1.807, 2.05) is 18.2 Å². The van der Waals surface area contributed by atoms with Crippen LogP contribution in [0.1, 0.15) is 5.56 Å². The zero-order valence-corrected chi connectivity index (χ0v) is 10.3. The quantitative estimate of drug-likeness (QED) is 0.711. The van der Waals surface area contributed by atoms with Gasteiger partial charge in [0.15, 0.2) is 0 Å². The highest BCUT2D eigenvalue weighted by atomic mass is 79.9. The molecule has 0 aliphatic rings. The fourth-order valence-electron chi connectivity index (χ4n) is 1.16. The Morgan fingerprint density at radius 3 is 2.77 bits per heavy atom. The molecule has 2 rings (SSSR count). The van der Waals surface area contributed by atoms with Gasteiger partial charge in [-0.3, -0.25) is 0 Å². The summed E-state index contributed by atoms with van der Waals surface area (Å²) in [5.41, 5.74) is 0.723. The van der Waals surface area contributed by atoms with Gasteiger partial charge in [-0.2, -0.15) is 5.26 Å². The summed E-state index contributed by atoms with van der Waals surface area (Å²) in [5.74, 6) is 0. The summed E-state index contributed by atoms with van der Waals surface area (Å²) < 4.78 is 3.06. The molecule has 0 saturated carbocycles. The van der Waals surface area contributed by atoms with Crippen molar-refractivity contribution in [3.8, 4) is 6.07 Å². The average molecular weight is 317 g/mol. The van der Waals surface area contributed by atoms with Crippen LogP contribution in [0.5, 0.6) is 0 Å². The first-order valence-electron chi connectivity index (χ1n) is 3.50. The van der Waals surface area contributed by atoms with E-state index in [0.29, 0.717) is 0 Å². The molecule has 1 heterocycles. The Labute approximate surface area is 96.2 Å². The average Bonchev–Trinajstić information content (AvgIpc) is 2.43. The molecule has 64 valence electrons. The number of hydrogen-bond donors (Lipinski definition) is 0. The Hall–Kier alpha value is -0.370. The van der Waals surface area contributed by atoms with Crippen LogP contribution in [-0.4, -0.2) is 0 Å². The number of fused-ring (bicyclic) bond motifs is 1. The minimum atomic E-state index is 0.723. The standard InChI is InChI=1S/C9H3Br2NS/c10-7-3-1-2-5-6(4-12)9(11)13-8(5)7/h1-3H. The lowest BCUT2D eigenvalue weighted by Crippen LogP contribution is -1.70. The van der Waals surface area contributed by atoms with E-state index in [0.717, 1.165) is 23.9 Å². The van der Waals surface area contributed by atoms with Crippen LogP contribution in [0.25, 0.3) is 10.1 Å². The predicted octanol–water partition coefficient (Wildman–Crippen LogP) is 4.30. The van der Waals surface area contributed by atoms with Gasteiger partial charge in [-0.05, 0) is 37.9 Å². The summed E-state index contributed by atoms with van der Waals surface area (Å²) in [5, 5.41) is 9.92. The summed E-state index contributed by atoms with van der Waals surface area (Å²) in [6, 6.07) is 8.06. The lowest BCUT2D eigenvalue weighted by molar-refractivity contribution is 1.51. The highest BCUT2D eigenvalue weighted by Crippen LogP contribution is 2.38. The van der Waals surface area contributed by atoms with Crippen LogP contribution >= 0.6 is 43.2 Å². The molecule has 0 radical (unpaired) electrons. The molecule has 0 atom stereocenters. The van der Waals surface area contributed by atoms with Gasteiger partial charge < -0.3 is 0 Å². The van der Waals surface area contributed by atoms with Crippen molar-refractivity contribution >= 4 is 53.3 Å². The minimum Gasteiger partial charge on any atom is -0.192 e. The number of thiophene rings is 1. The van der Waals surface area contributed by atoms with Crippen LogP contribution in [0.3, 0.4) is 0 Å². The maximum absolute atomic E-state index is 8.91. The molecule has 0 fully saturated rings. The van der Waals surface area contributed by atoms with Gasteiger partial charge in [-0.15, -0.1) is 11.3 Å². The van der Waals surface area contributed by atoms with Gasteiger partial charge in [0.05, 0.1) is 14.0 Å². The molecular weight excluding hydrogens is 314 g/mol. The van der Waals surface area contributed by atoms with E-state index in [1.54, 1.807) is 11.3 Å². The Balaban J connectivity index is 2.96. The largest absolute Gasteiger partial charge is 0.192 e. The molecular formula is C9H3Br2NS. The molecule has 1 aromatic carbocycles. The Morgan fingerprint density at radius 2 is 2.08 bits per heavy atom. The van der Waals surface area contributed by atoms with E-state index in [-0.39, 0.29) is 0 Å². The number of rotatable bonds is 0. The molecule has 0 spiro atoms. The van der Waals surface area contributed by atoms with Gasteiger partial charge in [-0.25, -0.2) is 0 Å². The van der Waals surface area contributed by atoms with Crippen LogP contribution in [0.2, 0.25) is 0 Å². The molecule has 4 heteroatoms. The second kappa shape index (κ2) is 3.41. The Morgan fingerprint density at radius 1 is 1.31 bits per heavy atom. The Kier molecular flexibility index (Phi) is 2.41. The van der Waals surface area contributed by atoms with E-state index >= 15 is 0 Å². The topological polar surface area (TPSA) is 23.8 Å². The molecule has 0 bridgehead atoms. The van der Waals surface area contributed by atoms with E-state index < -0.39 is 0 Å². The normalized spacial score (nSPS) is 10.2. The van der Waals surface area contributed by atoms with Crippen molar-refractivity contribution < 1.29 is 0 Å². The smallest absolute Gasteiger partial charge is 0.102 e. The predicted molar refractivity (Wildman–Crippen MR) is 61.9 cm³/mol. The fourth-order valence-corrected chi connectivity index (χ4v) is 3.44. The van der Waals surface area contributed by atoms with Crippen molar-refractivity contribution in [2.24, 2.45) is 0 Å². The van der Waals surface area contributed by atoms with Crippen LogP contribution < -0.4 is 0 Å². The lowest BCUT2D eigenvalue weighted by atomic mass is 10.2. The molecule has 1 aromatic heterocycles. The monoisotopic (exact) mass is 315 g/mol. The van der Waals surface area contributed by atoms with Crippen molar-refractivity contribution in [3.05, 3.63) is 32.0 Å². The molecule has 1 nitrogen and oxygen atoms in total. The molecule has 0 aliphatic heterocycles. The first-order chi connectivity index (χ1) is 6.24. The van der Waals surface area contributed by atoms with Crippen molar-refractivity contribution in [3.63, 3.8) is 0 Å². The molecule has 0 N–H and O–H groups in total. The molecule has 0 aliphatic carbocycles. The van der Waals surface area contributed by atoms with Gasteiger partial charge in [0.1, 0.15) is 6.07 Å². The molecule has 0 amide bonds. The van der Waals surface area contributed by atoms with Gasteiger partial charge >= 0.3 is 0 Å². The van der Waals surface area contributed by atoms with Crippen molar-refractivity contribution in [1.82, 2.24) is 0 Å². The zero-order chi connectivity index (χ0) is 9.42. The fraction of sp³-hybridized carbons (Fsp3) is 0. The number of benzene rings is 1. The van der Waals surface area contributed by atoms with E-state index in [2.05, 4.69) is 37.9 Å².